The lowest BCUT2D eigenvalue weighted by Crippen LogP contribution is -2.25. The summed E-state index contributed by atoms with van der Waals surface area (Å²) < 4.78 is 31.4. The van der Waals surface area contributed by atoms with E-state index in [1.165, 1.54) is 6.08 Å². The second-order valence-electron chi connectivity index (χ2n) is 5.17. The Morgan fingerprint density at radius 1 is 1.21 bits per heavy atom. The SMILES string of the molecule is C=CCNS(=O)(=O)Cc1ccc(NC(=O)c2ccc(CC)o2)cc1. The maximum atomic E-state index is 12.1. The molecule has 0 fully saturated rings. The Balaban J connectivity index is 1.99. The van der Waals surface area contributed by atoms with Gasteiger partial charge in [-0.3, -0.25) is 4.79 Å². The van der Waals surface area contributed by atoms with Crippen molar-refractivity contribution in [1.82, 2.24) is 4.72 Å². The van der Waals surface area contributed by atoms with Crippen LogP contribution in [0, 0.1) is 0 Å². The van der Waals surface area contributed by atoms with Crippen molar-refractivity contribution in [3.63, 3.8) is 0 Å². The molecule has 2 rings (SSSR count). The largest absolute Gasteiger partial charge is 0.456 e. The number of aryl methyl sites for hydroxylation is 1. The van der Waals surface area contributed by atoms with Crippen LogP contribution in [-0.4, -0.2) is 20.9 Å². The van der Waals surface area contributed by atoms with Crippen molar-refractivity contribution >= 4 is 21.6 Å². The van der Waals surface area contributed by atoms with Crippen molar-refractivity contribution in [3.05, 3.63) is 66.1 Å². The third-order valence-corrected chi connectivity index (χ3v) is 4.57. The average molecular weight is 348 g/mol. The van der Waals surface area contributed by atoms with E-state index in [9.17, 15) is 13.2 Å². The predicted molar refractivity (Wildman–Crippen MR) is 93.3 cm³/mol. The molecular formula is C17H20N2O4S. The van der Waals surface area contributed by atoms with Crippen LogP contribution < -0.4 is 10.0 Å². The minimum atomic E-state index is -3.40. The zero-order valence-corrected chi connectivity index (χ0v) is 14.2. The highest BCUT2D eigenvalue weighted by Crippen LogP contribution is 2.15. The first-order valence-corrected chi connectivity index (χ1v) is 9.16. The Morgan fingerprint density at radius 3 is 2.50 bits per heavy atom. The summed E-state index contributed by atoms with van der Waals surface area (Å²) in [6, 6.07) is 10.0. The van der Waals surface area contributed by atoms with Gasteiger partial charge in [-0.1, -0.05) is 25.1 Å². The van der Waals surface area contributed by atoms with Gasteiger partial charge in [0.2, 0.25) is 10.0 Å². The van der Waals surface area contributed by atoms with Gasteiger partial charge in [0.25, 0.3) is 5.91 Å². The van der Waals surface area contributed by atoms with Crippen molar-refractivity contribution in [2.45, 2.75) is 19.1 Å². The molecule has 1 aromatic carbocycles. The molecule has 0 spiro atoms. The number of benzene rings is 1. The van der Waals surface area contributed by atoms with Crippen LogP contribution in [0.4, 0.5) is 5.69 Å². The summed E-state index contributed by atoms with van der Waals surface area (Å²) in [5.41, 5.74) is 1.19. The number of sulfonamides is 1. The molecule has 0 aliphatic carbocycles. The Labute approximate surface area is 141 Å². The van der Waals surface area contributed by atoms with Gasteiger partial charge < -0.3 is 9.73 Å². The van der Waals surface area contributed by atoms with Gasteiger partial charge in [0.05, 0.1) is 5.75 Å². The van der Waals surface area contributed by atoms with Gasteiger partial charge in [0, 0.05) is 18.7 Å². The highest BCUT2D eigenvalue weighted by atomic mass is 32.2. The number of nitrogens with one attached hydrogen (secondary N) is 2. The summed E-state index contributed by atoms with van der Waals surface area (Å²) in [6.45, 7) is 5.60. The number of amides is 1. The van der Waals surface area contributed by atoms with Gasteiger partial charge in [-0.2, -0.15) is 0 Å². The van der Waals surface area contributed by atoms with Crippen LogP contribution in [0.3, 0.4) is 0 Å². The summed E-state index contributed by atoms with van der Waals surface area (Å²) in [5, 5.41) is 2.71. The van der Waals surface area contributed by atoms with E-state index in [0.29, 0.717) is 11.3 Å². The number of rotatable bonds is 8. The monoisotopic (exact) mass is 348 g/mol. The Kier molecular flexibility index (Phi) is 5.94. The number of furan rings is 1. The first kappa shape index (κ1) is 18.0. The van der Waals surface area contributed by atoms with Crippen LogP contribution in [0.5, 0.6) is 0 Å². The number of carbonyl (C=O) groups excluding carboxylic acids is 1. The quantitative estimate of drug-likeness (QED) is 0.718. The molecule has 0 bridgehead atoms. The molecule has 1 heterocycles. The minimum absolute atomic E-state index is 0.132. The first-order chi connectivity index (χ1) is 11.4. The number of hydrogen-bond acceptors (Lipinski definition) is 4. The van der Waals surface area contributed by atoms with Crippen LogP contribution >= 0.6 is 0 Å². The summed E-state index contributed by atoms with van der Waals surface area (Å²) in [5.74, 6) is 0.509. The lowest BCUT2D eigenvalue weighted by atomic mass is 10.2. The van der Waals surface area contributed by atoms with Crippen molar-refractivity contribution in [2.75, 3.05) is 11.9 Å². The second-order valence-corrected chi connectivity index (χ2v) is 6.97. The zero-order valence-electron chi connectivity index (χ0n) is 13.4. The molecular weight excluding hydrogens is 328 g/mol. The molecule has 7 heteroatoms. The minimum Gasteiger partial charge on any atom is -0.456 e. The Morgan fingerprint density at radius 2 is 1.92 bits per heavy atom. The highest BCUT2D eigenvalue weighted by Gasteiger charge is 2.12. The van der Waals surface area contributed by atoms with E-state index in [1.54, 1.807) is 36.4 Å². The summed E-state index contributed by atoms with van der Waals surface area (Å²) in [7, 11) is -3.40. The van der Waals surface area contributed by atoms with Crippen molar-refractivity contribution in [3.8, 4) is 0 Å². The highest BCUT2D eigenvalue weighted by molar-refractivity contribution is 7.88. The van der Waals surface area contributed by atoms with Crippen molar-refractivity contribution in [2.24, 2.45) is 0 Å². The van der Waals surface area contributed by atoms with Crippen LogP contribution in [0.25, 0.3) is 0 Å². The number of anilines is 1. The maximum Gasteiger partial charge on any atom is 0.291 e. The van der Waals surface area contributed by atoms with E-state index in [1.807, 2.05) is 6.92 Å². The Bertz CT molecular complexity index is 807. The van der Waals surface area contributed by atoms with Crippen LogP contribution in [0.2, 0.25) is 0 Å². The molecule has 1 amide bonds. The van der Waals surface area contributed by atoms with E-state index in [4.69, 9.17) is 4.42 Å². The molecule has 24 heavy (non-hydrogen) atoms. The molecule has 6 nitrogen and oxygen atoms in total. The third-order valence-electron chi connectivity index (χ3n) is 3.25. The Hall–Kier alpha value is -2.38. The lowest BCUT2D eigenvalue weighted by molar-refractivity contribution is 0.0995. The van der Waals surface area contributed by atoms with E-state index in [-0.39, 0.29) is 24.0 Å². The fraction of sp³-hybridized carbons (Fsp3) is 0.235. The van der Waals surface area contributed by atoms with Gasteiger partial charge >= 0.3 is 0 Å². The van der Waals surface area contributed by atoms with Gasteiger partial charge in [-0.25, -0.2) is 13.1 Å². The molecule has 0 aliphatic rings. The second kappa shape index (κ2) is 7.94. The van der Waals surface area contributed by atoms with Gasteiger partial charge in [-0.15, -0.1) is 6.58 Å². The molecule has 128 valence electrons. The van der Waals surface area contributed by atoms with E-state index >= 15 is 0 Å². The molecule has 0 aliphatic heterocycles. The number of hydrogen-bond donors (Lipinski definition) is 2. The fourth-order valence-corrected chi connectivity index (χ4v) is 3.13. The van der Waals surface area contributed by atoms with E-state index in [2.05, 4.69) is 16.6 Å². The van der Waals surface area contributed by atoms with Gasteiger partial charge in [0.15, 0.2) is 5.76 Å². The molecule has 0 saturated heterocycles. The first-order valence-electron chi connectivity index (χ1n) is 7.50. The fourth-order valence-electron chi connectivity index (χ4n) is 2.02. The normalized spacial score (nSPS) is 11.2. The molecule has 0 radical (unpaired) electrons. The van der Waals surface area contributed by atoms with Crippen LogP contribution in [0.1, 0.15) is 28.8 Å². The van der Waals surface area contributed by atoms with E-state index < -0.39 is 10.0 Å². The van der Waals surface area contributed by atoms with Crippen molar-refractivity contribution < 1.29 is 17.6 Å². The van der Waals surface area contributed by atoms with Gasteiger partial charge in [0.1, 0.15) is 5.76 Å². The standard InChI is InChI=1S/C17H20N2O4S/c1-3-11-18-24(21,22)12-13-5-7-14(8-6-13)19-17(20)16-10-9-15(4-2)23-16/h3,5-10,18H,1,4,11-12H2,2H3,(H,19,20). The molecule has 2 aromatic rings. The van der Waals surface area contributed by atoms with Crippen molar-refractivity contribution in [1.29, 1.82) is 0 Å². The van der Waals surface area contributed by atoms with Gasteiger partial charge in [-0.05, 0) is 29.8 Å². The lowest BCUT2D eigenvalue weighted by Gasteiger charge is -2.07. The molecule has 0 atom stereocenters. The molecule has 1 aromatic heterocycles. The molecule has 0 unspecified atom stereocenters. The summed E-state index contributed by atoms with van der Waals surface area (Å²) >= 11 is 0. The van der Waals surface area contributed by atoms with Crippen LogP contribution in [-0.2, 0) is 22.2 Å². The third kappa shape index (κ3) is 5.07. The zero-order chi connectivity index (χ0) is 17.6. The predicted octanol–water partition coefficient (Wildman–Crippen LogP) is 2.70. The molecule has 2 N–H and O–H groups in total. The number of carbonyl (C=O) groups is 1. The maximum absolute atomic E-state index is 12.1. The van der Waals surface area contributed by atoms with Crippen LogP contribution in [0.15, 0.2) is 53.5 Å². The molecule has 0 saturated carbocycles. The smallest absolute Gasteiger partial charge is 0.291 e. The van der Waals surface area contributed by atoms with E-state index in [0.717, 1.165) is 12.2 Å². The summed E-state index contributed by atoms with van der Waals surface area (Å²) in [4.78, 5) is 12.1. The topological polar surface area (TPSA) is 88.4 Å². The average Bonchev–Trinajstić information content (AvgIpc) is 3.04. The summed E-state index contributed by atoms with van der Waals surface area (Å²) in [6.07, 6.45) is 2.20.